The van der Waals surface area contributed by atoms with Crippen LogP contribution in [0.2, 0.25) is 0 Å². The summed E-state index contributed by atoms with van der Waals surface area (Å²) in [5.41, 5.74) is 0. The number of carbonyl (C=O) groups is 2. The van der Waals surface area contributed by atoms with E-state index in [-0.39, 0.29) is 23.6 Å². The molecule has 3 amide bonds. The van der Waals surface area contributed by atoms with Crippen molar-refractivity contribution >= 4 is 22.0 Å². The third kappa shape index (κ3) is 4.18. The molecule has 0 N–H and O–H groups in total. The molecule has 9 heteroatoms. The number of likely N-dealkylation sites (tertiary alicyclic amines) is 1. The second-order valence-corrected chi connectivity index (χ2v) is 8.82. The van der Waals surface area contributed by atoms with Gasteiger partial charge in [0.25, 0.3) is 0 Å². The number of carbonyl (C=O) groups excluding carboxylic acids is 2. The molecule has 0 aromatic heterocycles. The molecule has 0 bridgehead atoms. The van der Waals surface area contributed by atoms with E-state index in [1.165, 1.54) is 4.31 Å². The zero-order valence-corrected chi connectivity index (χ0v) is 15.6. The summed E-state index contributed by atoms with van der Waals surface area (Å²) in [5, 5.41) is 0. The highest BCUT2D eigenvalue weighted by molar-refractivity contribution is 7.89. The number of piperidine rings is 1. The molecule has 24 heavy (non-hydrogen) atoms. The van der Waals surface area contributed by atoms with Crippen molar-refractivity contribution in [1.82, 2.24) is 19.0 Å². The molecule has 0 spiro atoms. The molecule has 0 aromatic carbocycles. The molecule has 2 rings (SSSR count). The lowest BCUT2D eigenvalue weighted by molar-refractivity contribution is -0.138. The van der Waals surface area contributed by atoms with Crippen LogP contribution in [0.3, 0.4) is 0 Å². The standard InChI is InChI=1S/C15H28N4O4S/c1-4-24(22,23)19-11-9-17(10-12-19)14(20)13-5-7-18(8-6-13)15(21)16(2)3/h13H,4-12H2,1-3H3. The minimum atomic E-state index is -3.17. The number of nitrogens with zero attached hydrogens (tertiary/aromatic N) is 4. The quantitative estimate of drug-likeness (QED) is 0.702. The zero-order chi connectivity index (χ0) is 17.9. The van der Waals surface area contributed by atoms with Crippen LogP contribution in [-0.4, -0.2) is 98.5 Å². The number of hydrogen-bond acceptors (Lipinski definition) is 4. The highest BCUT2D eigenvalue weighted by Gasteiger charge is 2.33. The van der Waals surface area contributed by atoms with Gasteiger partial charge in [0.1, 0.15) is 0 Å². The van der Waals surface area contributed by atoms with Crippen molar-refractivity contribution in [3.63, 3.8) is 0 Å². The van der Waals surface area contributed by atoms with E-state index in [9.17, 15) is 18.0 Å². The minimum absolute atomic E-state index is 0.0146. The Balaban J connectivity index is 1.83. The predicted octanol–water partition coefficient (Wildman–Crippen LogP) is -0.126. The van der Waals surface area contributed by atoms with Gasteiger partial charge in [-0.1, -0.05) is 0 Å². The monoisotopic (exact) mass is 360 g/mol. The summed E-state index contributed by atoms with van der Waals surface area (Å²) in [6.07, 6.45) is 1.35. The summed E-state index contributed by atoms with van der Waals surface area (Å²) in [6, 6.07) is -0.0146. The number of rotatable bonds is 3. The van der Waals surface area contributed by atoms with Gasteiger partial charge in [0.15, 0.2) is 0 Å². The van der Waals surface area contributed by atoms with Gasteiger partial charge in [0.05, 0.1) is 5.75 Å². The molecule has 2 aliphatic rings. The van der Waals surface area contributed by atoms with Gasteiger partial charge in [0.2, 0.25) is 15.9 Å². The van der Waals surface area contributed by atoms with Crippen LogP contribution < -0.4 is 0 Å². The Hall–Kier alpha value is -1.35. The van der Waals surface area contributed by atoms with Crippen molar-refractivity contribution in [2.75, 3.05) is 59.1 Å². The third-order valence-corrected chi connectivity index (χ3v) is 6.69. The van der Waals surface area contributed by atoms with Crippen LogP contribution in [0.25, 0.3) is 0 Å². The van der Waals surface area contributed by atoms with Crippen LogP contribution in [0.15, 0.2) is 0 Å². The molecule has 0 saturated carbocycles. The maximum absolute atomic E-state index is 12.6. The Morgan fingerprint density at radius 1 is 0.958 bits per heavy atom. The van der Waals surface area contributed by atoms with E-state index in [0.29, 0.717) is 52.1 Å². The van der Waals surface area contributed by atoms with E-state index >= 15 is 0 Å². The van der Waals surface area contributed by atoms with E-state index in [1.54, 1.807) is 35.7 Å². The topological polar surface area (TPSA) is 81.2 Å². The normalized spacial score (nSPS) is 21.0. The van der Waals surface area contributed by atoms with Gasteiger partial charge in [-0.15, -0.1) is 0 Å². The molecule has 0 unspecified atom stereocenters. The Bertz CT molecular complexity index is 562. The first-order chi connectivity index (χ1) is 11.3. The molecular formula is C15H28N4O4S. The van der Waals surface area contributed by atoms with Crippen molar-refractivity contribution in [3.8, 4) is 0 Å². The average molecular weight is 360 g/mol. The molecule has 2 heterocycles. The first-order valence-electron chi connectivity index (χ1n) is 8.49. The van der Waals surface area contributed by atoms with Crippen LogP contribution in [0.5, 0.6) is 0 Å². The fourth-order valence-corrected chi connectivity index (χ4v) is 4.31. The first-order valence-corrected chi connectivity index (χ1v) is 10.1. The van der Waals surface area contributed by atoms with Gasteiger partial charge in [-0.25, -0.2) is 13.2 Å². The Morgan fingerprint density at radius 2 is 1.50 bits per heavy atom. The summed E-state index contributed by atoms with van der Waals surface area (Å²) < 4.78 is 25.2. The summed E-state index contributed by atoms with van der Waals surface area (Å²) in [7, 11) is 0.278. The fourth-order valence-electron chi connectivity index (χ4n) is 3.23. The van der Waals surface area contributed by atoms with Crippen LogP contribution in [0, 0.1) is 5.92 Å². The number of hydrogen-bond donors (Lipinski definition) is 0. The van der Waals surface area contributed by atoms with Gasteiger partial charge in [0, 0.05) is 59.3 Å². The van der Waals surface area contributed by atoms with E-state index in [1.807, 2.05) is 0 Å². The van der Waals surface area contributed by atoms with Crippen molar-refractivity contribution < 1.29 is 18.0 Å². The fraction of sp³-hybridized carbons (Fsp3) is 0.867. The van der Waals surface area contributed by atoms with Gasteiger partial charge in [-0.05, 0) is 19.8 Å². The number of amides is 3. The number of sulfonamides is 1. The summed E-state index contributed by atoms with van der Waals surface area (Å²) >= 11 is 0. The lowest BCUT2D eigenvalue weighted by Gasteiger charge is -2.38. The number of urea groups is 1. The van der Waals surface area contributed by atoms with Gasteiger partial charge in [-0.2, -0.15) is 4.31 Å². The largest absolute Gasteiger partial charge is 0.340 e. The number of piperazine rings is 1. The van der Waals surface area contributed by atoms with Gasteiger partial charge in [-0.3, -0.25) is 4.79 Å². The average Bonchev–Trinajstić information content (AvgIpc) is 2.60. The minimum Gasteiger partial charge on any atom is -0.340 e. The van der Waals surface area contributed by atoms with Gasteiger partial charge >= 0.3 is 6.03 Å². The van der Waals surface area contributed by atoms with Crippen LogP contribution in [0.4, 0.5) is 4.79 Å². The van der Waals surface area contributed by atoms with E-state index in [2.05, 4.69) is 0 Å². The molecule has 138 valence electrons. The molecule has 0 aliphatic carbocycles. The lowest BCUT2D eigenvalue weighted by atomic mass is 9.95. The highest BCUT2D eigenvalue weighted by Crippen LogP contribution is 2.21. The van der Waals surface area contributed by atoms with E-state index in [4.69, 9.17) is 0 Å². The lowest BCUT2D eigenvalue weighted by Crippen LogP contribution is -2.53. The van der Waals surface area contributed by atoms with Crippen molar-refractivity contribution in [1.29, 1.82) is 0 Å². The molecule has 2 fully saturated rings. The Kier molecular flexibility index (Phi) is 6.08. The van der Waals surface area contributed by atoms with Gasteiger partial charge < -0.3 is 14.7 Å². The van der Waals surface area contributed by atoms with Crippen molar-refractivity contribution in [2.45, 2.75) is 19.8 Å². The molecule has 0 atom stereocenters. The van der Waals surface area contributed by atoms with E-state index in [0.717, 1.165) is 0 Å². The Morgan fingerprint density at radius 3 is 1.96 bits per heavy atom. The molecule has 2 saturated heterocycles. The predicted molar refractivity (Wildman–Crippen MR) is 91.0 cm³/mol. The zero-order valence-electron chi connectivity index (χ0n) is 14.8. The SMILES string of the molecule is CCS(=O)(=O)N1CCN(C(=O)C2CCN(C(=O)N(C)C)CC2)CC1. The molecule has 2 aliphatic heterocycles. The van der Waals surface area contributed by atoms with Crippen LogP contribution >= 0.6 is 0 Å². The molecule has 0 aromatic rings. The summed E-state index contributed by atoms with van der Waals surface area (Å²) in [5.74, 6) is 0.130. The van der Waals surface area contributed by atoms with Crippen LogP contribution in [-0.2, 0) is 14.8 Å². The second kappa shape index (κ2) is 7.69. The summed E-state index contributed by atoms with van der Waals surface area (Å²) in [4.78, 5) is 29.7. The third-order valence-electron chi connectivity index (χ3n) is 4.81. The smallest absolute Gasteiger partial charge is 0.319 e. The Labute approximate surface area is 144 Å². The maximum atomic E-state index is 12.6. The van der Waals surface area contributed by atoms with Crippen molar-refractivity contribution in [2.24, 2.45) is 5.92 Å². The summed E-state index contributed by atoms with van der Waals surface area (Å²) in [6.45, 7) is 4.48. The molecule has 0 radical (unpaired) electrons. The molecule has 8 nitrogen and oxygen atoms in total. The van der Waals surface area contributed by atoms with E-state index < -0.39 is 10.0 Å². The second-order valence-electron chi connectivity index (χ2n) is 6.56. The van der Waals surface area contributed by atoms with Crippen LogP contribution in [0.1, 0.15) is 19.8 Å². The molecular weight excluding hydrogens is 332 g/mol. The first kappa shape index (κ1) is 19.0. The highest BCUT2D eigenvalue weighted by atomic mass is 32.2. The van der Waals surface area contributed by atoms with Crippen molar-refractivity contribution in [3.05, 3.63) is 0 Å². The maximum Gasteiger partial charge on any atom is 0.319 e.